The van der Waals surface area contributed by atoms with E-state index in [4.69, 9.17) is 22.9 Å². The fraction of sp³-hybridized carbons (Fsp3) is 0.714. The Morgan fingerprint density at radius 2 is 1.78 bits per heavy atom. The molecule has 0 spiro atoms. The van der Waals surface area contributed by atoms with E-state index in [9.17, 15) is 29.1 Å². The lowest BCUT2D eigenvalue weighted by Gasteiger charge is -2.28. The van der Waals surface area contributed by atoms with Crippen LogP contribution in [0.4, 0.5) is 0 Å². The molecular formula is C21H38N8O6S. The Morgan fingerprint density at radius 1 is 1.08 bits per heavy atom. The molecule has 204 valence electrons. The number of rotatable bonds is 16. The predicted molar refractivity (Wildman–Crippen MR) is 136 cm³/mol. The van der Waals surface area contributed by atoms with E-state index in [0.29, 0.717) is 38.0 Å². The van der Waals surface area contributed by atoms with Gasteiger partial charge in [0.25, 0.3) is 0 Å². The van der Waals surface area contributed by atoms with Gasteiger partial charge in [0.15, 0.2) is 5.96 Å². The summed E-state index contributed by atoms with van der Waals surface area (Å²) in [6, 6.07) is -4.02. The number of aliphatic imine (C=N–C) groups is 1. The lowest BCUT2D eigenvalue weighted by Crippen LogP contribution is -2.56. The molecule has 0 aromatic heterocycles. The summed E-state index contributed by atoms with van der Waals surface area (Å²) in [4.78, 5) is 66.7. The Bertz CT molecular complexity index is 822. The largest absolute Gasteiger partial charge is 0.480 e. The standard InChI is InChI=1S/C21H38N8O6S/c1-36-11-8-12(22)19(33)29-10-3-5-15(29)18(32)27-13(4-2-9-26-21(24)25)17(31)28-14(20(34)35)6-7-16(23)30/h12-15H,2-11,22H2,1H3,(H2,23,30)(H,27,32)(H,28,31)(H,34,35)(H4,24,25,26). The van der Waals surface area contributed by atoms with Crippen molar-refractivity contribution in [2.75, 3.05) is 25.1 Å². The molecule has 4 amide bonds. The number of nitrogens with one attached hydrogen (secondary N) is 2. The average molecular weight is 531 g/mol. The van der Waals surface area contributed by atoms with E-state index in [2.05, 4.69) is 15.6 Å². The summed E-state index contributed by atoms with van der Waals surface area (Å²) in [6.45, 7) is 0.559. The number of aliphatic carboxylic acids is 1. The maximum Gasteiger partial charge on any atom is 0.326 e. The van der Waals surface area contributed by atoms with Crippen molar-refractivity contribution >= 4 is 47.3 Å². The van der Waals surface area contributed by atoms with Crippen LogP contribution in [0.15, 0.2) is 4.99 Å². The van der Waals surface area contributed by atoms with E-state index in [1.807, 2.05) is 6.26 Å². The number of nitrogens with two attached hydrogens (primary N) is 4. The molecule has 0 saturated carbocycles. The van der Waals surface area contributed by atoms with Crippen molar-refractivity contribution in [2.24, 2.45) is 27.9 Å². The topological polar surface area (TPSA) is 249 Å². The number of nitrogens with zero attached hydrogens (tertiary/aromatic N) is 2. The molecule has 1 rings (SSSR count). The van der Waals surface area contributed by atoms with Crippen LogP contribution >= 0.6 is 11.8 Å². The van der Waals surface area contributed by atoms with Gasteiger partial charge in [0.1, 0.15) is 18.1 Å². The Morgan fingerprint density at radius 3 is 2.36 bits per heavy atom. The van der Waals surface area contributed by atoms with Crippen LogP contribution in [0.25, 0.3) is 0 Å². The van der Waals surface area contributed by atoms with E-state index < -0.39 is 47.9 Å². The minimum atomic E-state index is -1.37. The van der Waals surface area contributed by atoms with E-state index in [0.717, 1.165) is 0 Å². The van der Waals surface area contributed by atoms with Gasteiger partial charge in [-0.15, -0.1) is 0 Å². The molecule has 4 unspecified atom stereocenters. The van der Waals surface area contributed by atoms with Crippen molar-refractivity contribution in [1.82, 2.24) is 15.5 Å². The minimum Gasteiger partial charge on any atom is -0.480 e. The molecule has 4 atom stereocenters. The first-order valence-corrected chi connectivity index (χ1v) is 13.1. The van der Waals surface area contributed by atoms with Gasteiger partial charge < -0.3 is 43.6 Å². The van der Waals surface area contributed by atoms with Crippen LogP contribution in [0.3, 0.4) is 0 Å². The van der Waals surface area contributed by atoms with Gasteiger partial charge in [-0.05, 0) is 50.5 Å². The summed E-state index contributed by atoms with van der Waals surface area (Å²) in [5.41, 5.74) is 21.7. The minimum absolute atomic E-state index is 0.102. The first-order chi connectivity index (χ1) is 17.0. The fourth-order valence-corrected chi connectivity index (χ4v) is 4.23. The number of carbonyl (C=O) groups excluding carboxylic acids is 4. The maximum atomic E-state index is 13.1. The van der Waals surface area contributed by atoms with Crippen LogP contribution < -0.4 is 33.6 Å². The van der Waals surface area contributed by atoms with Crippen molar-refractivity contribution in [3.8, 4) is 0 Å². The molecule has 0 aliphatic carbocycles. The molecule has 36 heavy (non-hydrogen) atoms. The van der Waals surface area contributed by atoms with Gasteiger partial charge in [-0.2, -0.15) is 11.8 Å². The highest BCUT2D eigenvalue weighted by Gasteiger charge is 2.37. The van der Waals surface area contributed by atoms with Crippen LogP contribution in [0.1, 0.15) is 44.9 Å². The molecule has 1 fully saturated rings. The molecular weight excluding hydrogens is 492 g/mol. The number of primary amides is 1. The number of hydrogen-bond acceptors (Lipinski definition) is 8. The number of hydrogen-bond donors (Lipinski definition) is 7. The quantitative estimate of drug-likeness (QED) is 0.0624. The summed E-state index contributed by atoms with van der Waals surface area (Å²) in [6.07, 6.45) is 3.36. The molecule has 0 bridgehead atoms. The molecule has 11 N–H and O–H groups in total. The zero-order chi connectivity index (χ0) is 27.3. The molecule has 15 heteroatoms. The Kier molecular flexibility index (Phi) is 13.6. The highest BCUT2D eigenvalue weighted by molar-refractivity contribution is 7.98. The van der Waals surface area contributed by atoms with Gasteiger partial charge in [-0.1, -0.05) is 0 Å². The molecule has 0 aromatic rings. The molecule has 1 aliphatic rings. The van der Waals surface area contributed by atoms with Crippen molar-refractivity contribution in [2.45, 2.75) is 69.1 Å². The lowest BCUT2D eigenvalue weighted by molar-refractivity contribution is -0.143. The van der Waals surface area contributed by atoms with E-state index >= 15 is 0 Å². The maximum absolute atomic E-state index is 13.1. The smallest absolute Gasteiger partial charge is 0.326 e. The third kappa shape index (κ3) is 10.7. The zero-order valence-electron chi connectivity index (χ0n) is 20.5. The monoisotopic (exact) mass is 530 g/mol. The molecule has 1 heterocycles. The van der Waals surface area contributed by atoms with Crippen LogP contribution in [-0.4, -0.2) is 94.8 Å². The number of thioether (sulfide) groups is 1. The molecule has 1 saturated heterocycles. The zero-order valence-corrected chi connectivity index (χ0v) is 21.3. The van der Waals surface area contributed by atoms with E-state index in [1.165, 1.54) is 4.90 Å². The lowest BCUT2D eigenvalue weighted by atomic mass is 10.1. The fourth-order valence-electron chi connectivity index (χ4n) is 3.74. The van der Waals surface area contributed by atoms with E-state index in [-0.39, 0.29) is 37.7 Å². The second-order valence-corrected chi connectivity index (χ2v) is 9.48. The van der Waals surface area contributed by atoms with Gasteiger partial charge >= 0.3 is 5.97 Å². The molecule has 1 aliphatic heterocycles. The second kappa shape index (κ2) is 15.8. The van der Waals surface area contributed by atoms with Gasteiger partial charge in [-0.25, -0.2) is 4.79 Å². The van der Waals surface area contributed by atoms with E-state index in [1.54, 1.807) is 11.8 Å². The third-order valence-electron chi connectivity index (χ3n) is 5.66. The summed E-state index contributed by atoms with van der Waals surface area (Å²) in [5.74, 6) is -3.10. The molecule has 0 radical (unpaired) electrons. The SMILES string of the molecule is CSCCC(N)C(=O)N1CCCC1C(=O)NC(CCCN=C(N)N)C(=O)NC(CCC(N)=O)C(=O)O. The normalized spacial score (nSPS) is 17.5. The summed E-state index contributed by atoms with van der Waals surface area (Å²) >= 11 is 1.56. The summed E-state index contributed by atoms with van der Waals surface area (Å²) in [7, 11) is 0. The third-order valence-corrected chi connectivity index (χ3v) is 6.30. The first kappa shape index (κ1) is 31.0. The van der Waals surface area contributed by atoms with Crippen LogP contribution in [-0.2, 0) is 24.0 Å². The number of carbonyl (C=O) groups is 5. The van der Waals surface area contributed by atoms with Crippen molar-refractivity contribution < 1.29 is 29.1 Å². The number of likely N-dealkylation sites (tertiary alicyclic amines) is 1. The van der Waals surface area contributed by atoms with Gasteiger partial charge in [0, 0.05) is 19.5 Å². The van der Waals surface area contributed by atoms with Crippen LogP contribution in [0.5, 0.6) is 0 Å². The van der Waals surface area contributed by atoms with Crippen molar-refractivity contribution in [1.29, 1.82) is 0 Å². The summed E-state index contributed by atoms with van der Waals surface area (Å²) < 4.78 is 0. The van der Waals surface area contributed by atoms with Gasteiger partial charge in [0.2, 0.25) is 23.6 Å². The first-order valence-electron chi connectivity index (χ1n) is 11.7. The number of carboxylic acids is 1. The summed E-state index contributed by atoms with van der Waals surface area (Å²) in [5, 5.41) is 14.4. The highest BCUT2D eigenvalue weighted by atomic mass is 32.2. The van der Waals surface area contributed by atoms with Crippen molar-refractivity contribution in [3.63, 3.8) is 0 Å². The van der Waals surface area contributed by atoms with Crippen LogP contribution in [0.2, 0.25) is 0 Å². The van der Waals surface area contributed by atoms with Gasteiger partial charge in [0.05, 0.1) is 6.04 Å². The second-order valence-electron chi connectivity index (χ2n) is 8.49. The number of guanidine groups is 1. The molecule has 14 nitrogen and oxygen atoms in total. The Labute approximate surface area is 214 Å². The number of amides is 4. The average Bonchev–Trinajstić information content (AvgIpc) is 3.30. The number of carboxylic acid groups (broad SMARTS) is 1. The highest BCUT2D eigenvalue weighted by Crippen LogP contribution is 2.20. The Balaban J connectivity index is 2.94. The molecule has 0 aromatic carbocycles. The van der Waals surface area contributed by atoms with Crippen LogP contribution in [0, 0.1) is 0 Å². The predicted octanol–water partition coefficient (Wildman–Crippen LogP) is -2.57. The Hall–Kier alpha value is -3.07. The van der Waals surface area contributed by atoms with Gasteiger partial charge in [-0.3, -0.25) is 24.2 Å². The van der Waals surface area contributed by atoms with Crippen molar-refractivity contribution in [3.05, 3.63) is 0 Å².